The number of carbonyl (C=O) groups is 2. The quantitative estimate of drug-likeness (QED) is 0.326. The summed E-state index contributed by atoms with van der Waals surface area (Å²) in [6.45, 7) is 2.43. The molecule has 2 unspecified atom stereocenters. The molecule has 9 nitrogen and oxygen atoms in total. The van der Waals surface area contributed by atoms with Gasteiger partial charge in [0.2, 0.25) is 0 Å². The van der Waals surface area contributed by atoms with E-state index in [4.69, 9.17) is 14.2 Å². The average Bonchev–Trinajstić information content (AvgIpc) is 2.88. The standard InChI is InChI=1S/C27H30F6N2O7S/c1-6-42-25(37)35-15(2)7-21(20-12-23(40-3)17(10-22(20)35)14-43(5,38)39)34(24(36)41-4)13-16-8-18(26(28,29)30)11-19(9-16)27(31,32)33/h8-12,15,21H,6-7,13-14H2,1-5H3. The third-order valence-electron chi connectivity index (χ3n) is 6.72. The molecule has 0 aromatic heterocycles. The molecule has 1 heterocycles. The van der Waals surface area contributed by atoms with Crippen LogP contribution in [0.2, 0.25) is 0 Å². The Morgan fingerprint density at radius 3 is 2.05 bits per heavy atom. The van der Waals surface area contributed by atoms with E-state index in [0.29, 0.717) is 12.1 Å². The predicted octanol–water partition coefficient (Wildman–Crippen LogP) is 6.34. The van der Waals surface area contributed by atoms with Gasteiger partial charge in [-0.05, 0) is 56.2 Å². The van der Waals surface area contributed by atoms with Gasteiger partial charge in [0.1, 0.15) is 5.75 Å². The molecule has 43 heavy (non-hydrogen) atoms. The molecule has 1 aliphatic heterocycles. The average molecular weight is 641 g/mol. The number of rotatable bonds is 7. The van der Waals surface area contributed by atoms with E-state index in [-0.39, 0.29) is 41.7 Å². The van der Waals surface area contributed by atoms with Crippen molar-refractivity contribution < 1.29 is 58.6 Å². The van der Waals surface area contributed by atoms with Gasteiger partial charge in [-0.25, -0.2) is 18.0 Å². The first kappa shape index (κ1) is 33.8. The van der Waals surface area contributed by atoms with Gasteiger partial charge in [0.25, 0.3) is 0 Å². The molecule has 1 aliphatic rings. The lowest BCUT2D eigenvalue weighted by molar-refractivity contribution is -0.143. The molecule has 0 saturated carbocycles. The first-order valence-electron chi connectivity index (χ1n) is 12.8. The fourth-order valence-electron chi connectivity index (χ4n) is 4.97. The number of methoxy groups -OCH3 is 2. The van der Waals surface area contributed by atoms with E-state index in [1.54, 1.807) is 13.8 Å². The molecule has 2 aromatic carbocycles. The Labute approximate surface area is 244 Å². The van der Waals surface area contributed by atoms with Crippen LogP contribution in [-0.4, -0.2) is 58.6 Å². The van der Waals surface area contributed by atoms with Gasteiger partial charge in [0.05, 0.1) is 49.4 Å². The second-order valence-corrected chi connectivity index (χ2v) is 12.1. The minimum atomic E-state index is -5.11. The maximum atomic E-state index is 13.5. The number of amides is 2. The zero-order valence-corrected chi connectivity index (χ0v) is 24.6. The van der Waals surface area contributed by atoms with E-state index in [0.717, 1.165) is 18.3 Å². The summed E-state index contributed by atoms with van der Waals surface area (Å²) in [7, 11) is -1.34. The summed E-state index contributed by atoms with van der Waals surface area (Å²) in [6, 6.07) is 1.97. The molecule has 0 spiro atoms. The van der Waals surface area contributed by atoms with Gasteiger partial charge in [-0.3, -0.25) is 9.80 Å². The van der Waals surface area contributed by atoms with Gasteiger partial charge in [0.15, 0.2) is 9.84 Å². The Kier molecular flexibility index (Phi) is 9.83. The molecular formula is C27H30F6N2O7S. The number of hydrogen-bond donors (Lipinski definition) is 0. The largest absolute Gasteiger partial charge is 0.496 e. The topological polar surface area (TPSA) is 102 Å². The number of anilines is 1. The van der Waals surface area contributed by atoms with Crippen molar-refractivity contribution in [3.05, 3.63) is 58.1 Å². The molecule has 0 N–H and O–H groups in total. The molecule has 0 aliphatic carbocycles. The van der Waals surface area contributed by atoms with E-state index >= 15 is 0 Å². The highest BCUT2D eigenvalue weighted by atomic mass is 32.2. The smallest absolute Gasteiger partial charge is 0.416 e. The number of nitrogens with zero attached hydrogens (tertiary/aromatic N) is 2. The van der Waals surface area contributed by atoms with Crippen LogP contribution in [-0.2, 0) is 44.0 Å². The van der Waals surface area contributed by atoms with Crippen molar-refractivity contribution in [2.24, 2.45) is 0 Å². The molecular weight excluding hydrogens is 610 g/mol. The molecule has 3 rings (SSSR count). The van der Waals surface area contributed by atoms with Crippen LogP contribution in [0, 0.1) is 0 Å². The van der Waals surface area contributed by atoms with Crippen LogP contribution < -0.4 is 9.64 Å². The van der Waals surface area contributed by atoms with Gasteiger partial charge < -0.3 is 14.2 Å². The second kappa shape index (κ2) is 12.5. The number of halogens is 6. The maximum absolute atomic E-state index is 13.5. The molecule has 238 valence electrons. The summed E-state index contributed by atoms with van der Waals surface area (Å²) in [4.78, 5) is 28.2. The Bertz CT molecular complexity index is 1450. The third-order valence-corrected chi connectivity index (χ3v) is 7.56. The number of alkyl halides is 6. The van der Waals surface area contributed by atoms with Gasteiger partial charge in [0, 0.05) is 30.0 Å². The number of benzene rings is 2. The Morgan fingerprint density at radius 2 is 1.58 bits per heavy atom. The van der Waals surface area contributed by atoms with Crippen molar-refractivity contribution in [1.82, 2.24) is 4.90 Å². The first-order chi connectivity index (χ1) is 19.8. The SMILES string of the molecule is CCOC(=O)N1c2cc(CS(C)(=O)=O)c(OC)cc2C(N(Cc2cc(C(F)(F)F)cc(C(F)(F)F)c2)C(=O)OC)CC1C. The number of carbonyl (C=O) groups excluding carboxylic acids is 2. The molecule has 2 atom stereocenters. The van der Waals surface area contributed by atoms with Gasteiger partial charge in [-0.2, -0.15) is 26.3 Å². The highest BCUT2D eigenvalue weighted by molar-refractivity contribution is 7.89. The van der Waals surface area contributed by atoms with Gasteiger partial charge in [-0.1, -0.05) is 0 Å². The van der Waals surface area contributed by atoms with Crippen LogP contribution in [0.25, 0.3) is 0 Å². The molecule has 0 bridgehead atoms. The second-order valence-electron chi connectivity index (χ2n) is 9.97. The van der Waals surface area contributed by atoms with E-state index < -0.39 is 75.4 Å². The van der Waals surface area contributed by atoms with Crippen LogP contribution in [0.3, 0.4) is 0 Å². The fraction of sp³-hybridized carbons (Fsp3) is 0.481. The summed E-state index contributed by atoms with van der Waals surface area (Å²) in [6.07, 6.45) is -11.1. The minimum Gasteiger partial charge on any atom is -0.496 e. The fourth-order valence-corrected chi connectivity index (χ4v) is 5.76. The lowest BCUT2D eigenvalue weighted by Gasteiger charge is -2.43. The lowest BCUT2D eigenvalue weighted by atomic mass is 9.89. The number of sulfone groups is 1. The van der Waals surface area contributed by atoms with Crippen molar-refractivity contribution >= 4 is 27.7 Å². The molecule has 2 amide bonds. The number of ether oxygens (including phenoxy) is 3. The van der Waals surface area contributed by atoms with Crippen LogP contribution in [0.15, 0.2) is 30.3 Å². The first-order valence-corrected chi connectivity index (χ1v) is 14.8. The van der Waals surface area contributed by atoms with Crippen LogP contribution in [0.5, 0.6) is 5.75 Å². The Balaban J connectivity index is 2.25. The van der Waals surface area contributed by atoms with Crippen LogP contribution in [0.4, 0.5) is 41.6 Å². The van der Waals surface area contributed by atoms with Gasteiger partial charge >= 0.3 is 24.5 Å². The lowest BCUT2D eigenvalue weighted by Crippen LogP contribution is -2.47. The van der Waals surface area contributed by atoms with Crippen molar-refractivity contribution in [2.45, 2.75) is 57.0 Å². The zero-order chi connectivity index (χ0) is 32.5. The molecule has 16 heteroatoms. The van der Waals surface area contributed by atoms with Crippen LogP contribution >= 0.6 is 0 Å². The number of hydrogen-bond acceptors (Lipinski definition) is 7. The zero-order valence-electron chi connectivity index (χ0n) is 23.8. The van der Waals surface area contributed by atoms with Crippen molar-refractivity contribution in [1.29, 1.82) is 0 Å². The Hall–Kier alpha value is -3.69. The molecule has 0 radical (unpaired) electrons. The van der Waals surface area contributed by atoms with E-state index in [9.17, 15) is 44.3 Å². The predicted molar refractivity (Wildman–Crippen MR) is 142 cm³/mol. The third kappa shape index (κ3) is 7.83. The summed E-state index contributed by atoms with van der Waals surface area (Å²) in [5.74, 6) is -0.416. The van der Waals surface area contributed by atoms with E-state index in [1.807, 2.05) is 0 Å². The highest BCUT2D eigenvalue weighted by Crippen LogP contribution is 2.45. The van der Waals surface area contributed by atoms with Gasteiger partial charge in [-0.15, -0.1) is 0 Å². The maximum Gasteiger partial charge on any atom is 0.416 e. The van der Waals surface area contributed by atoms with Crippen molar-refractivity contribution in [3.63, 3.8) is 0 Å². The van der Waals surface area contributed by atoms with Crippen LogP contribution in [0.1, 0.15) is 54.1 Å². The summed E-state index contributed by atoms with van der Waals surface area (Å²) in [5, 5.41) is 0. The minimum absolute atomic E-state index is 0.00145. The van der Waals surface area contributed by atoms with E-state index in [2.05, 4.69) is 0 Å². The highest BCUT2D eigenvalue weighted by Gasteiger charge is 2.41. The van der Waals surface area contributed by atoms with Crippen molar-refractivity contribution in [2.75, 3.05) is 32.0 Å². The van der Waals surface area contributed by atoms with E-state index in [1.165, 1.54) is 24.1 Å². The van der Waals surface area contributed by atoms with Crippen molar-refractivity contribution in [3.8, 4) is 5.75 Å². The Morgan fingerprint density at radius 1 is 1.00 bits per heavy atom. The molecule has 0 saturated heterocycles. The molecule has 0 fully saturated rings. The summed E-state index contributed by atoms with van der Waals surface area (Å²) >= 11 is 0. The normalized spacial score (nSPS) is 17.2. The number of fused-ring (bicyclic) bond motifs is 1. The summed E-state index contributed by atoms with van der Waals surface area (Å²) < 4.78 is 121. The molecule has 2 aromatic rings. The summed E-state index contributed by atoms with van der Waals surface area (Å²) in [5.41, 5.74) is -3.09. The monoisotopic (exact) mass is 640 g/mol.